The molecule has 2 nitrogen and oxygen atoms in total. The van der Waals surface area contributed by atoms with Crippen LogP contribution in [0.2, 0.25) is 0 Å². The highest BCUT2D eigenvalue weighted by molar-refractivity contribution is 6.01. The topological polar surface area (TPSA) is 24.4 Å². The molecule has 2 aromatic carbocycles. The van der Waals surface area contributed by atoms with Crippen molar-refractivity contribution in [2.24, 2.45) is 4.99 Å². The van der Waals surface area contributed by atoms with Crippen molar-refractivity contribution in [2.45, 2.75) is 27.7 Å². The lowest BCUT2D eigenvalue weighted by Crippen LogP contribution is -2.23. The standard InChI is InChI=1S/C18H18N2.C2H6/c1-13-3-7-15(8-4-13)17-11-19-18(20-12-17)16-9-5-14(2)6-10-16;1-2/h3-11H,12H2,1-2H3,(H,19,20);1-2H3. The molecular weight excluding hydrogens is 268 g/mol. The van der Waals surface area contributed by atoms with Gasteiger partial charge in [-0.2, -0.15) is 0 Å². The predicted octanol–water partition coefficient (Wildman–Crippen LogP) is 4.72. The molecule has 2 heteroatoms. The number of rotatable bonds is 2. The van der Waals surface area contributed by atoms with Crippen LogP contribution < -0.4 is 5.32 Å². The number of amidine groups is 1. The lowest BCUT2D eigenvalue weighted by Gasteiger charge is -2.15. The highest BCUT2D eigenvalue weighted by Crippen LogP contribution is 2.18. The van der Waals surface area contributed by atoms with Crippen molar-refractivity contribution in [2.75, 3.05) is 6.54 Å². The first-order valence-electron chi connectivity index (χ1n) is 7.86. The Morgan fingerprint density at radius 3 is 1.73 bits per heavy atom. The van der Waals surface area contributed by atoms with Gasteiger partial charge in [-0.25, -0.2) is 0 Å². The van der Waals surface area contributed by atoms with E-state index in [4.69, 9.17) is 0 Å². The molecule has 0 atom stereocenters. The fraction of sp³-hybridized carbons (Fsp3) is 0.250. The maximum Gasteiger partial charge on any atom is 0.132 e. The van der Waals surface area contributed by atoms with Gasteiger partial charge in [-0.05, 0) is 25.0 Å². The van der Waals surface area contributed by atoms with E-state index >= 15 is 0 Å². The lowest BCUT2D eigenvalue weighted by atomic mass is 10.0. The van der Waals surface area contributed by atoms with Crippen LogP contribution in [-0.2, 0) is 0 Å². The summed E-state index contributed by atoms with van der Waals surface area (Å²) in [6, 6.07) is 17.0. The zero-order chi connectivity index (χ0) is 15.9. The molecule has 0 aliphatic carbocycles. The number of aliphatic imine (C=N–C) groups is 1. The maximum atomic E-state index is 4.65. The van der Waals surface area contributed by atoms with E-state index in [2.05, 4.69) is 78.9 Å². The SMILES string of the molecule is CC.Cc1ccc(C2=CNC(c3ccc(C)cc3)=NC2)cc1. The van der Waals surface area contributed by atoms with E-state index in [9.17, 15) is 0 Å². The molecule has 1 aliphatic heterocycles. The molecular formula is C20H24N2. The molecule has 0 saturated heterocycles. The van der Waals surface area contributed by atoms with Gasteiger partial charge in [0, 0.05) is 11.8 Å². The minimum atomic E-state index is 0.721. The molecule has 22 heavy (non-hydrogen) atoms. The normalized spacial score (nSPS) is 13.3. The summed E-state index contributed by atoms with van der Waals surface area (Å²) in [6.07, 6.45) is 2.06. The van der Waals surface area contributed by atoms with Crippen molar-refractivity contribution in [1.29, 1.82) is 0 Å². The minimum absolute atomic E-state index is 0.721. The third-order valence-corrected chi connectivity index (χ3v) is 3.54. The number of nitrogens with zero attached hydrogens (tertiary/aromatic N) is 1. The first-order chi connectivity index (χ1) is 10.7. The molecule has 0 spiro atoms. The summed E-state index contributed by atoms with van der Waals surface area (Å²) in [6.45, 7) is 8.92. The molecule has 0 radical (unpaired) electrons. The number of nitrogens with one attached hydrogen (secondary N) is 1. The fourth-order valence-electron chi connectivity index (χ4n) is 2.24. The maximum absolute atomic E-state index is 4.65. The van der Waals surface area contributed by atoms with Crippen molar-refractivity contribution < 1.29 is 0 Å². The predicted molar refractivity (Wildman–Crippen MR) is 96.2 cm³/mol. The van der Waals surface area contributed by atoms with Crippen LogP contribution in [0.15, 0.2) is 59.7 Å². The summed E-state index contributed by atoms with van der Waals surface area (Å²) in [5, 5.41) is 3.31. The zero-order valence-electron chi connectivity index (χ0n) is 13.9. The first-order valence-corrected chi connectivity index (χ1v) is 7.86. The largest absolute Gasteiger partial charge is 0.346 e. The van der Waals surface area contributed by atoms with Gasteiger partial charge in [0.25, 0.3) is 0 Å². The van der Waals surface area contributed by atoms with Gasteiger partial charge in [-0.1, -0.05) is 73.5 Å². The molecule has 0 fully saturated rings. The van der Waals surface area contributed by atoms with Crippen molar-refractivity contribution in [1.82, 2.24) is 5.32 Å². The average Bonchev–Trinajstić information content (AvgIpc) is 2.58. The summed E-state index contributed by atoms with van der Waals surface area (Å²) in [5.74, 6) is 0.945. The Morgan fingerprint density at radius 1 is 0.773 bits per heavy atom. The molecule has 1 aliphatic rings. The second-order valence-electron chi connectivity index (χ2n) is 5.21. The quantitative estimate of drug-likeness (QED) is 0.851. The molecule has 2 aromatic rings. The van der Waals surface area contributed by atoms with Gasteiger partial charge in [-0.15, -0.1) is 0 Å². The molecule has 114 valence electrons. The van der Waals surface area contributed by atoms with Crippen LogP contribution in [0.25, 0.3) is 5.57 Å². The van der Waals surface area contributed by atoms with Crippen LogP contribution in [0.5, 0.6) is 0 Å². The number of hydrogen-bond donors (Lipinski definition) is 1. The van der Waals surface area contributed by atoms with Crippen LogP contribution in [0, 0.1) is 13.8 Å². The smallest absolute Gasteiger partial charge is 0.132 e. The van der Waals surface area contributed by atoms with Gasteiger partial charge >= 0.3 is 0 Å². The van der Waals surface area contributed by atoms with Gasteiger partial charge in [-0.3, -0.25) is 4.99 Å². The summed E-state index contributed by atoms with van der Waals surface area (Å²) in [7, 11) is 0. The van der Waals surface area contributed by atoms with Gasteiger partial charge in [0.2, 0.25) is 0 Å². The Hall–Kier alpha value is -2.35. The summed E-state index contributed by atoms with van der Waals surface area (Å²) in [5.41, 5.74) is 6.13. The first kappa shape index (κ1) is 16.0. The van der Waals surface area contributed by atoms with E-state index in [-0.39, 0.29) is 0 Å². The Balaban J connectivity index is 0.000000847. The lowest BCUT2D eigenvalue weighted by molar-refractivity contribution is 1.11. The van der Waals surface area contributed by atoms with Crippen LogP contribution in [0.1, 0.15) is 36.1 Å². The third-order valence-electron chi connectivity index (χ3n) is 3.54. The fourth-order valence-corrected chi connectivity index (χ4v) is 2.24. The molecule has 1 N–H and O–H groups in total. The second kappa shape index (κ2) is 7.60. The molecule has 1 heterocycles. The van der Waals surface area contributed by atoms with E-state index in [0.717, 1.165) is 17.9 Å². The van der Waals surface area contributed by atoms with E-state index in [0.29, 0.717) is 0 Å². The molecule has 0 unspecified atom stereocenters. The van der Waals surface area contributed by atoms with Crippen LogP contribution in [-0.4, -0.2) is 12.4 Å². The molecule has 0 amide bonds. The monoisotopic (exact) mass is 292 g/mol. The molecule has 0 bridgehead atoms. The van der Waals surface area contributed by atoms with Crippen molar-refractivity contribution >= 4 is 11.4 Å². The van der Waals surface area contributed by atoms with Gasteiger partial charge in [0.05, 0.1) is 6.54 Å². The Labute approximate surface area is 133 Å². The van der Waals surface area contributed by atoms with Crippen LogP contribution in [0.3, 0.4) is 0 Å². The zero-order valence-corrected chi connectivity index (χ0v) is 13.9. The van der Waals surface area contributed by atoms with Gasteiger partial charge < -0.3 is 5.32 Å². The van der Waals surface area contributed by atoms with Crippen molar-refractivity contribution in [3.05, 3.63) is 77.0 Å². The highest BCUT2D eigenvalue weighted by atomic mass is 15.0. The van der Waals surface area contributed by atoms with Crippen molar-refractivity contribution in [3.63, 3.8) is 0 Å². The Morgan fingerprint density at radius 2 is 1.27 bits per heavy atom. The molecule has 3 rings (SSSR count). The Kier molecular flexibility index (Phi) is 5.54. The third kappa shape index (κ3) is 3.85. The van der Waals surface area contributed by atoms with E-state index < -0.39 is 0 Å². The number of aryl methyl sites for hydroxylation is 2. The van der Waals surface area contributed by atoms with Crippen molar-refractivity contribution in [3.8, 4) is 0 Å². The van der Waals surface area contributed by atoms with Crippen LogP contribution in [0.4, 0.5) is 0 Å². The van der Waals surface area contributed by atoms with Gasteiger partial charge in [0.15, 0.2) is 0 Å². The van der Waals surface area contributed by atoms with E-state index in [1.807, 2.05) is 13.8 Å². The van der Waals surface area contributed by atoms with Gasteiger partial charge in [0.1, 0.15) is 5.84 Å². The van der Waals surface area contributed by atoms with E-state index in [1.165, 1.54) is 22.3 Å². The minimum Gasteiger partial charge on any atom is -0.346 e. The second-order valence-corrected chi connectivity index (χ2v) is 5.21. The average molecular weight is 292 g/mol. The molecule has 0 aromatic heterocycles. The number of benzene rings is 2. The number of hydrogen-bond acceptors (Lipinski definition) is 2. The Bertz CT molecular complexity index is 600. The summed E-state index contributed by atoms with van der Waals surface area (Å²) in [4.78, 5) is 4.65. The summed E-state index contributed by atoms with van der Waals surface area (Å²) >= 11 is 0. The van der Waals surface area contributed by atoms with Crippen LogP contribution >= 0.6 is 0 Å². The molecule has 0 saturated carbocycles. The van der Waals surface area contributed by atoms with E-state index in [1.54, 1.807) is 0 Å². The summed E-state index contributed by atoms with van der Waals surface area (Å²) < 4.78 is 0. The highest BCUT2D eigenvalue weighted by Gasteiger charge is 2.09.